The molecular formula is C27H32N4O7S3. The molecule has 0 bridgehead atoms. The number of sulfonamides is 2. The van der Waals surface area contributed by atoms with E-state index in [-0.39, 0.29) is 55.9 Å². The number of thioether (sulfide) groups is 1. The van der Waals surface area contributed by atoms with Crippen LogP contribution in [0.15, 0.2) is 75.4 Å². The maximum absolute atomic E-state index is 13.0. The average molecular weight is 621 g/mol. The lowest BCUT2D eigenvalue weighted by Gasteiger charge is -2.20. The number of aliphatic imine (C=N–C) groups is 1. The number of benzene rings is 3. The fourth-order valence-corrected chi connectivity index (χ4v) is 7.93. The Morgan fingerprint density at radius 1 is 0.902 bits per heavy atom. The highest BCUT2D eigenvalue weighted by molar-refractivity contribution is 8.01. The van der Waals surface area contributed by atoms with E-state index in [1.54, 1.807) is 30.0 Å². The Bertz CT molecular complexity index is 1680. The summed E-state index contributed by atoms with van der Waals surface area (Å²) in [5.41, 5.74) is 0.832. The van der Waals surface area contributed by atoms with Crippen molar-refractivity contribution < 1.29 is 32.2 Å². The van der Waals surface area contributed by atoms with Gasteiger partial charge in [0.2, 0.25) is 20.0 Å². The predicted octanol–water partition coefficient (Wildman–Crippen LogP) is 3.27. The third-order valence-electron chi connectivity index (χ3n) is 6.28. The van der Waals surface area contributed by atoms with Gasteiger partial charge in [-0.15, -0.1) is 11.8 Å². The predicted molar refractivity (Wildman–Crippen MR) is 159 cm³/mol. The molecule has 1 unspecified atom stereocenters. The van der Waals surface area contributed by atoms with Crippen LogP contribution in [0.2, 0.25) is 0 Å². The average Bonchev–Trinajstić information content (AvgIpc) is 3.18. The van der Waals surface area contributed by atoms with Gasteiger partial charge in [0.25, 0.3) is 0 Å². The molecule has 4 rings (SSSR count). The summed E-state index contributed by atoms with van der Waals surface area (Å²) >= 11 is 1.63. The second kappa shape index (κ2) is 12.0. The van der Waals surface area contributed by atoms with Gasteiger partial charge in [-0.25, -0.2) is 26.3 Å². The Morgan fingerprint density at radius 2 is 1.49 bits per heavy atom. The lowest BCUT2D eigenvalue weighted by atomic mass is 10.1. The first-order valence-electron chi connectivity index (χ1n) is 12.5. The first-order valence-corrected chi connectivity index (χ1v) is 16.4. The van der Waals surface area contributed by atoms with Crippen molar-refractivity contribution in [2.24, 2.45) is 4.99 Å². The third-order valence-corrected chi connectivity index (χ3v) is 10.8. The Kier molecular flexibility index (Phi) is 9.01. The molecule has 1 aliphatic rings. The normalized spacial score (nSPS) is 17.8. The van der Waals surface area contributed by atoms with E-state index in [0.29, 0.717) is 11.1 Å². The van der Waals surface area contributed by atoms with Crippen LogP contribution < -0.4 is 9.44 Å². The highest BCUT2D eigenvalue weighted by atomic mass is 32.2. The minimum atomic E-state index is -4.07. The van der Waals surface area contributed by atoms with E-state index in [9.17, 15) is 32.2 Å². The first kappa shape index (κ1) is 30.8. The zero-order valence-corrected chi connectivity index (χ0v) is 25.1. The van der Waals surface area contributed by atoms with Gasteiger partial charge in [0.15, 0.2) is 0 Å². The van der Waals surface area contributed by atoms with Gasteiger partial charge in [0.05, 0.1) is 15.2 Å². The van der Waals surface area contributed by atoms with E-state index in [0.717, 1.165) is 12.6 Å². The Labute approximate surface area is 244 Å². The topological polar surface area (TPSA) is 169 Å². The number of nitrogens with one attached hydrogen (secondary N) is 2. The first-order chi connectivity index (χ1) is 19.2. The number of phenolic OH excluding ortho intramolecular Hbond substituents is 3. The highest BCUT2D eigenvalue weighted by Gasteiger charge is 2.38. The van der Waals surface area contributed by atoms with Crippen LogP contribution in [0.1, 0.15) is 30.3 Å². The summed E-state index contributed by atoms with van der Waals surface area (Å²) in [6, 6.07) is 14.0. The molecule has 0 amide bonds. The van der Waals surface area contributed by atoms with Gasteiger partial charge in [-0.1, -0.05) is 12.1 Å². The maximum atomic E-state index is 13.0. The molecule has 11 nitrogen and oxygen atoms in total. The number of para-hydroxylation sites is 1. The highest BCUT2D eigenvalue weighted by Crippen LogP contribution is 2.49. The Hall–Kier alpha value is -3.14. The summed E-state index contributed by atoms with van der Waals surface area (Å²) in [5.74, 6) is -0.291. The van der Waals surface area contributed by atoms with Crippen molar-refractivity contribution in [2.45, 2.75) is 33.8 Å². The second-order valence-electron chi connectivity index (χ2n) is 10.1. The van der Waals surface area contributed by atoms with Crippen molar-refractivity contribution in [3.8, 4) is 17.2 Å². The maximum Gasteiger partial charge on any atom is 0.240 e. The molecule has 1 fully saturated rings. The molecule has 3 aromatic carbocycles. The fraction of sp³-hybridized carbons (Fsp3) is 0.296. The lowest BCUT2D eigenvalue weighted by Crippen LogP contribution is -2.34. The smallest absolute Gasteiger partial charge is 0.240 e. The van der Waals surface area contributed by atoms with Gasteiger partial charge >= 0.3 is 0 Å². The number of hydrogen-bond donors (Lipinski definition) is 5. The standard InChI is InChI=1S/C27H32N4O7S3/c1-27(2)17-31(3)26(39-27)21-14-19(8-10-24(21)33)40(35,36)29-12-13-30-41(37,38)20-9-11-25(34)22(15-20)28-16-18-6-4-5-7-23(18)32/h4-11,14-16,26,29-30,32-34H,12-13,17H2,1-3H3. The molecule has 0 saturated carbocycles. The van der Waals surface area contributed by atoms with Crippen molar-refractivity contribution in [3.63, 3.8) is 0 Å². The van der Waals surface area contributed by atoms with Crippen molar-refractivity contribution in [3.05, 3.63) is 71.8 Å². The van der Waals surface area contributed by atoms with Gasteiger partial charge in [0.1, 0.15) is 22.9 Å². The van der Waals surface area contributed by atoms with Crippen LogP contribution >= 0.6 is 11.8 Å². The SMILES string of the molecule is CN1CC(C)(C)SC1c1cc(S(=O)(=O)NCCNS(=O)(=O)c2ccc(O)c(N=Cc3ccccc3O)c2)ccc1O. The summed E-state index contributed by atoms with van der Waals surface area (Å²) in [6.07, 6.45) is 1.29. The molecule has 1 saturated heterocycles. The molecule has 1 atom stereocenters. The Balaban J connectivity index is 1.41. The summed E-state index contributed by atoms with van der Waals surface area (Å²) in [5, 5.41) is 30.2. The van der Waals surface area contributed by atoms with Gasteiger partial charge in [0, 0.05) is 41.7 Å². The van der Waals surface area contributed by atoms with E-state index < -0.39 is 20.0 Å². The van der Waals surface area contributed by atoms with Crippen LogP contribution in [0.3, 0.4) is 0 Å². The van der Waals surface area contributed by atoms with Gasteiger partial charge in [-0.3, -0.25) is 9.89 Å². The van der Waals surface area contributed by atoms with E-state index >= 15 is 0 Å². The molecule has 0 radical (unpaired) electrons. The molecule has 0 aliphatic carbocycles. The van der Waals surface area contributed by atoms with E-state index in [1.165, 1.54) is 42.6 Å². The molecule has 41 heavy (non-hydrogen) atoms. The summed E-state index contributed by atoms with van der Waals surface area (Å²) in [4.78, 5) is 5.90. The largest absolute Gasteiger partial charge is 0.508 e. The second-order valence-corrected chi connectivity index (χ2v) is 15.5. The minimum Gasteiger partial charge on any atom is -0.508 e. The van der Waals surface area contributed by atoms with Crippen LogP contribution in [-0.2, 0) is 20.0 Å². The number of rotatable bonds is 10. The molecule has 0 spiro atoms. The van der Waals surface area contributed by atoms with Crippen LogP contribution in [-0.4, -0.2) is 74.7 Å². The van der Waals surface area contributed by atoms with E-state index in [4.69, 9.17) is 0 Å². The molecule has 1 aliphatic heterocycles. The van der Waals surface area contributed by atoms with Crippen molar-refractivity contribution in [1.29, 1.82) is 0 Å². The molecule has 1 heterocycles. The van der Waals surface area contributed by atoms with Crippen molar-refractivity contribution in [2.75, 3.05) is 26.7 Å². The number of nitrogens with zero attached hydrogens (tertiary/aromatic N) is 2. The quantitative estimate of drug-likeness (QED) is 0.169. The summed E-state index contributed by atoms with van der Waals surface area (Å²) in [6.45, 7) is 4.44. The molecular weight excluding hydrogens is 589 g/mol. The third kappa shape index (κ3) is 7.39. The molecule has 5 N–H and O–H groups in total. The summed E-state index contributed by atoms with van der Waals surface area (Å²) < 4.78 is 56.2. The molecule has 3 aromatic rings. The zero-order chi connectivity index (χ0) is 30.0. The summed E-state index contributed by atoms with van der Waals surface area (Å²) in [7, 11) is -6.17. The molecule has 0 aromatic heterocycles. The lowest BCUT2D eigenvalue weighted by molar-refractivity contribution is 0.319. The van der Waals surface area contributed by atoms with Crippen molar-refractivity contribution in [1.82, 2.24) is 14.3 Å². The monoisotopic (exact) mass is 620 g/mol. The van der Waals surface area contributed by atoms with E-state index in [1.807, 2.05) is 11.9 Å². The molecule has 220 valence electrons. The number of aromatic hydroxyl groups is 3. The van der Waals surface area contributed by atoms with Gasteiger partial charge in [-0.2, -0.15) is 0 Å². The fourth-order valence-electron chi connectivity index (χ4n) is 4.36. The number of hydrogen-bond acceptors (Lipinski definition) is 10. The van der Waals surface area contributed by atoms with Crippen LogP contribution in [0.25, 0.3) is 0 Å². The van der Waals surface area contributed by atoms with Gasteiger partial charge < -0.3 is 15.3 Å². The van der Waals surface area contributed by atoms with Crippen LogP contribution in [0, 0.1) is 0 Å². The number of phenols is 3. The minimum absolute atomic E-state index is 0.00284. The van der Waals surface area contributed by atoms with Gasteiger partial charge in [-0.05, 0) is 69.4 Å². The van der Waals surface area contributed by atoms with Crippen molar-refractivity contribution >= 4 is 43.7 Å². The molecule has 14 heteroatoms. The zero-order valence-electron chi connectivity index (χ0n) is 22.6. The Morgan fingerprint density at radius 3 is 2.07 bits per heavy atom. The van der Waals surface area contributed by atoms with Crippen LogP contribution in [0.5, 0.6) is 17.2 Å². The van der Waals surface area contributed by atoms with Crippen LogP contribution in [0.4, 0.5) is 5.69 Å². The van der Waals surface area contributed by atoms with E-state index in [2.05, 4.69) is 28.3 Å².